The van der Waals surface area contributed by atoms with Crippen LogP contribution >= 0.6 is 0 Å². The fourth-order valence-electron chi connectivity index (χ4n) is 4.12. The molecular formula is C18H30N2O. The van der Waals surface area contributed by atoms with Gasteiger partial charge in [0.15, 0.2) is 0 Å². The van der Waals surface area contributed by atoms with E-state index in [9.17, 15) is 0 Å². The third kappa shape index (κ3) is 3.19. The minimum absolute atomic E-state index is 0.203. The van der Waals surface area contributed by atoms with Gasteiger partial charge in [-0.05, 0) is 62.5 Å². The van der Waals surface area contributed by atoms with Crippen LogP contribution in [0.2, 0.25) is 0 Å². The van der Waals surface area contributed by atoms with Gasteiger partial charge in [-0.15, -0.1) is 0 Å². The lowest BCUT2D eigenvalue weighted by molar-refractivity contribution is 0.00857. The standard InChI is InChI=1S/C18H30N2O/c1-13-10-15-16(19)11-18(2,3)12-17(15)20(13)8-7-14-6-4-5-9-21-14/h10,14,16H,4-9,11-12,19H2,1-3H3. The Morgan fingerprint density at radius 1 is 1.38 bits per heavy atom. The second-order valence-corrected chi connectivity index (χ2v) is 7.77. The summed E-state index contributed by atoms with van der Waals surface area (Å²) in [7, 11) is 0. The van der Waals surface area contributed by atoms with Gasteiger partial charge < -0.3 is 15.0 Å². The van der Waals surface area contributed by atoms with Gasteiger partial charge in [0.2, 0.25) is 0 Å². The van der Waals surface area contributed by atoms with Crippen LogP contribution in [0.3, 0.4) is 0 Å². The van der Waals surface area contributed by atoms with E-state index in [1.54, 1.807) is 0 Å². The number of fused-ring (bicyclic) bond motifs is 1. The Balaban J connectivity index is 1.76. The highest BCUT2D eigenvalue weighted by Crippen LogP contribution is 2.41. The van der Waals surface area contributed by atoms with Crippen LogP contribution in [-0.4, -0.2) is 17.3 Å². The topological polar surface area (TPSA) is 40.2 Å². The zero-order valence-corrected chi connectivity index (χ0v) is 13.8. The van der Waals surface area contributed by atoms with E-state index in [0.29, 0.717) is 11.5 Å². The summed E-state index contributed by atoms with van der Waals surface area (Å²) in [5, 5.41) is 0. The second kappa shape index (κ2) is 5.77. The number of hydrogen-bond acceptors (Lipinski definition) is 2. The first-order chi connectivity index (χ1) is 9.96. The summed E-state index contributed by atoms with van der Waals surface area (Å²) < 4.78 is 8.39. The molecule has 21 heavy (non-hydrogen) atoms. The second-order valence-electron chi connectivity index (χ2n) is 7.77. The average Bonchev–Trinajstić information content (AvgIpc) is 2.73. The molecule has 3 heteroatoms. The molecule has 2 unspecified atom stereocenters. The predicted octanol–water partition coefficient (Wildman–Crippen LogP) is 3.73. The Morgan fingerprint density at radius 3 is 2.90 bits per heavy atom. The smallest absolute Gasteiger partial charge is 0.0592 e. The molecule has 0 amide bonds. The molecule has 0 radical (unpaired) electrons. The fourth-order valence-corrected chi connectivity index (χ4v) is 4.12. The largest absolute Gasteiger partial charge is 0.378 e. The number of nitrogens with two attached hydrogens (primary N) is 1. The number of aryl methyl sites for hydroxylation is 1. The first kappa shape index (κ1) is 15.1. The molecule has 2 heterocycles. The quantitative estimate of drug-likeness (QED) is 0.921. The molecule has 0 aromatic carbocycles. The van der Waals surface area contributed by atoms with E-state index < -0.39 is 0 Å². The van der Waals surface area contributed by atoms with Crippen molar-refractivity contribution in [1.82, 2.24) is 4.57 Å². The first-order valence-corrected chi connectivity index (χ1v) is 8.52. The van der Waals surface area contributed by atoms with Gasteiger partial charge in [-0.1, -0.05) is 13.8 Å². The number of rotatable bonds is 3. The van der Waals surface area contributed by atoms with Crippen molar-refractivity contribution in [2.75, 3.05) is 6.61 Å². The van der Waals surface area contributed by atoms with Crippen LogP contribution < -0.4 is 5.73 Å². The highest BCUT2D eigenvalue weighted by molar-refractivity contribution is 5.34. The molecule has 1 fully saturated rings. The average molecular weight is 290 g/mol. The maximum atomic E-state index is 6.41. The van der Waals surface area contributed by atoms with Gasteiger partial charge in [0.05, 0.1) is 6.10 Å². The van der Waals surface area contributed by atoms with E-state index in [2.05, 4.69) is 31.4 Å². The van der Waals surface area contributed by atoms with Crippen molar-refractivity contribution in [3.8, 4) is 0 Å². The lowest BCUT2D eigenvalue weighted by atomic mass is 9.74. The lowest BCUT2D eigenvalue weighted by Crippen LogP contribution is -2.31. The Hall–Kier alpha value is -0.800. The highest BCUT2D eigenvalue weighted by atomic mass is 16.5. The molecule has 118 valence electrons. The predicted molar refractivity (Wildman–Crippen MR) is 86.4 cm³/mol. The molecule has 2 aliphatic rings. The van der Waals surface area contributed by atoms with E-state index in [-0.39, 0.29) is 6.04 Å². The van der Waals surface area contributed by atoms with Crippen LogP contribution in [0, 0.1) is 12.3 Å². The molecule has 1 aliphatic carbocycles. The zero-order valence-electron chi connectivity index (χ0n) is 13.8. The minimum atomic E-state index is 0.203. The van der Waals surface area contributed by atoms with Crippen molar-refractivity contribution in [3.05, 3.63) is 23.0 Å². The molecular weight excluding hydrogens is 260 g/mol. The number of nitrogens with zero attached hydrogens (tertiary/aromatic N) is 1. The summed E-state index contributed by atoms with van der Waals surface area (Å²) >= 11 is 0. The first-order valence-electron chi connectivity index (χ1n) is 8.52. The van der Waals surface area contributed by atoms with Crippen LogP contribution in [0.15, 0.2) is 6.07 Å². The molecule has 0 bridgehead atoms. The van der Waals surface area contributed by atoms with Gasteiger partial charge in [-0.2, -0.15) is 0 Å². The molecule has 0 spiro atoms. The SMILES string of the molecule is Cc1cc2c(n1CCC1CCCCO1)CC(C)(C)CC2N. The lowest BCUT2D eigenvalue weighted by Gasteiger charge is -2.35. The van der Waals surface area contributed by atoms with Crippen molar-refractivity contribution in [2.24, 2.45) is 11.1 Å². The van der Waals surface area contributed by atoms with Crippen molar-refractivity contribution >= 4 is 0 Å². The Labute approximate surface area is 128 Å². The van der Waals surface area contributed by atoms with E-state index >= 15 is 0 Å². The van der Waals surface area contributed by atoms with Crippen LogP contribution in [0.1, 0.15) is 68.9 Å². The molecule has 1 saturated heterocycles. The molecule has 0 saturated carbocycles. The summed E-state index contributed by atoms with van der Waals surface area (Å²) in [6, 6.07) is 2.52. The maximum absolute atomic E-state index is 6.41. The molecule has 1 aliphatic heterocycles. The number of hydrogen-bond donors (Lipinski definition) is 1. The van der Waals surface area contributed by atoms with Gasteiger partial charge in [-0.25, -0.2) is 0 Å². The molecule has 2 atom stereocenters. The van der Waals surface area contributed by atoms with Gasteiger partial charge in [0.25, 0.3) is 0 Å². The van der Waals surface area contributed by atoms with Crippen molar-refractivity contribution in [2.45, 2.75) is 78.0 Å². The van der Waals surface area contributed by atoms with Crippen LogP contribution in [-0.2, 0) is 17.7 Å². The van der Waals surface area contributed by atoms with E-state index in [4.69, 9.17) is 10.5 Å². The summed E-state index contributed by atoms with van der Waals surface area (Å²) in [6.07, 6.45) is 7.62. The van der Waals surface area contributed by atoms with Gasteiger partial charge >= 0.3 is 0 Å². The van der Waals surface area contributed by atoms with Gasteiger partial charge in [0, 0.05) is 30.6 Å². The van der Waals surface area contributed by atoms with Gasteiger partial charge in [-0.3, -0.25) is 0 Å². The maximum Gasteiger partial charge on any atom is 0.0592 e. The number of ether oxygens (including phenoxy) is 1. The van der Waals surface area contributed by atoms with Crippen LogP contribution in [0.25, 0.3) is 0 Å². The van der Waals surface area contributed by atoms with Gasteiger partial charge in [0.1, 0.15) is 0 Å². The van der Waals surface area contributed by atoms with Crippen molar-refractivity contribution in [1.29, 1.82) is 0 Å². The molecule has 1 aromatic rings. The summed E-state index contributed by atoms with van der Waals surface area (Å²) in [6.45, 7) is 8.93. The van der Waals surface area contributed by atoms with Crippen LogP contribution in [0.5, 0.6) is 0 Å². The fraction of sp³-hybridized carbons (Fsp3) is 0.778. The molecule has 3 rings (SSSR count). The Kier molecular flexibility index (Phi) is 4.15. The summed E-state index contributed by atoms with van der Waals surface area (Å²) in [4.78, 5) is 0. The zero-order chi connectivity index (χ0) is 15.0. The van der Waals surface area contributed by atoms with E-state index in [1.165, 1.54) is 36.2 Å². The molecule has 3 nitrogen and oxygen atoms in total. The summed E-state index contributed by atoms with van der Waals surface area (Å²) in [5.74, 6) is 0. The van der Waals surface area contributed by atoms with E-state index in [0.717, 1.165) is 32.4 Å². The Morgan fingerprint density at radius 2 is 2.19 bits per heavy atom. The van der Waals surface area contributed by atoms with E-state index in [1.807, 2.05) is 0 Å². The monoisotopic (exact) mass is 290 g/mol. The highest BCUT2D eigenvalue weighted by Gasteiger charge is 2.33. The molecule has 1 aromatic heterocycles. The third-order valence-electron chi connectivity index (χ3n) is 5.22. The van der Waals surface area contributed by atoms with Crippen molar-refractivity contribution < 1.29 is 4.74 Å². The molecule has 2 N–H and O–H groups in total. The third-order valence-corrected chi connectivity index (χ3v) is 5.22. The Bertz CT molecular complexity index is 498. The van der Waals surface area contributed by atoms with Crippen LogP contribution in [0.4, 0.5) is 0 Å². The number of aromatic nitrogens is 1. The normalized spacial score (nSPS) is 28.4. The minimum Gasteiger partial charge on any atom is -0.378 e. The summed E-state index contributed by atoms with van der Waals surface area (Å²) in [5.41, 5.74) is 10.9. The van der Waals surface area contributed by atoms with Crippen molar-refractivity contribution in [3.63, 3.8) is 0 Å².